The molecule has 0 saturated heterocycles. The van der Waals surface area contributed by atoms with E-state index in [9.17, 15) is 0 Å². The normalized spacial score (nSPS) is 10.0. The fourth-order valence-electron chi connectivity index (χ4n) is 0.771. The quantitative estimate of drug-likeness (QED) is 0.875. The Kier molecular flexibility index (Phi) is 3.31. The topological polar surface area (TPSA) is 42.4 Å². The highest BCUT2D eigenvalue weighted by Crippen LogP contribution is 2.30. The third-order valence-corrected chi connectivity index (χ3v) is 2.46. The maximum atomic E-state index is 8.92. The molecule has 12 heavy (non-hydrogen) atoms. The van der Waals surface area contributed by atoms with Crippen LogP contribution in [-0.2, 0) is 6.61 Å². The average molecular weight is 252 g/mol. The molecular weight excluding hydrogens is 245 g/mol. The predicted octanol–water partition coefficient (Wildman–Crippen LogP) is 2.00. The Morgan fingerprint density at radius 1 is 1.75 bits per heavy atom. The van der Waals surface area contributed by atoms with Gasteiger partial charge in [0.2, 0.25) is 5.88 Å². The number of methoxy groups -OCH3 is 1. The average Bonchev–Trinajstić information content (AvgIpc) is 2.06. The SMILES string of the molecule is COc1ncc(Br)c(CO)c1Cl. The van der Waals surface area contributed by atoms with Gasteiger partial charge in [0.1, 0.15) is 5.02 Å². The fourth-order valence-corrected chi connectivity index (χ4v) is 1.60. The van der Waals surface area contributed by atoms with Gasteiger partial charge in [0, 0.05) is 16.2 Å². The lowest BCUT2D eigenvalue weighted by molar-refractivity contribution is 0.280. The van der Waals surface area contributed by atoms with Gasteiger partial charge < -0.3 is 9.84 Å². The molecule has 1 N–H and O–H groups in total. The molecule has 0 spiro atoms. The largest absolute Gasteiger partial charge is 0.480 e. The molecule has 5 heteroatoms. The van der Waals surface area contributed by atoms with Crippen LogP contribution in [0.5, 0.6) is 5.88 Å². The van der Waals surface area contributed by atoms with Crippen LogP contribution in [0.3, 0.4) is 0 Å². The summed E-state index contributed by atoms with van der Waals surface area (Å²) in [6, 6.07) is 0. The second-order valence-corrected chi connectivity index (χ2v) is 3.30. The number of ether oxygens (including phenoxy) is 1. The van der Waals surface area contributed by atoms with E-state index in [1.165, 1.54) is 13.3 Å². The molecule has 1 rings (SSSR count). The highest BCUT2D eigenvalue weighted by molar-refractivity contribution is 9.10. The zero-order valence-electron chi connectivity index (χ0n) is 6.34. The van der Waals surface area contributed by atoms with Crippen molar-refractivity contribution < 1.29 is 9.84 Å². The molecule has 0 saturated carbocycles. The molecule has 0 radical (unpaired) electrons. The fraction of sp³-hybridized carbons (Fsp3) is 0.286. The first-order valence-electron chi connectivity index (χ1n) is 3.18. The van der Waals surface area contributed by atoms with E-state index in [0.717, 1.165) is 0 Å². The summed E-state index contributed by atoms with van der Waals surface area (Å²) in [5.41, 5.74) is 0.587. The minimum Gasteiger partial charge on any atom is -0.480 e. The third kappa shape index (κ3) is 1.71. The lowest BCUT2D eigenvalue weighted by Crippen LogP contribution is -1.94. The predicted molar refractivity (Wildman–Crippen MR) is 49.4 cm³/mol. The Morgan fingerprint density at radius 3 is 2.92 bits per heavy atom. The minimum absolute atomic E-state index is 0.141. The molecule has 1 heterocycles. The molecular formula is C7H7BrClNO2. The number of rotatable bonds is 2. The van der Waals surface area contributed by atoms with Gasteiger partial charge in [0.05, 0.1) is 13.7 Å². The standard InChI is InChI=1S/C7H7BrClNO2/c1-12-7-6(9)4(3-11)5(8)2-10-7/h2,11H,3H2,1H3. The molecule has 0 unspecified atom stereocenters. The van der Waals surface area contributed by atoms with Crippen molar-refractivity contribution in [3.63, 3.8) is 0 Å². The van der Waals surface area contributed by atoms with Crippen LogP contribution in [0.15, 0.2) is 10.7 Å². The van der Waals surface area contributed by atoms with E-state index in [0.29, 0.717) is 20.9 Å². The van der Waals surface area contributed by atoms with Crippen molar-refractivity contribution in [2.45, 2.75) is 6.61 Å². The summed E-state index contributed by atoms with van der Waals surface area (Å²) in [6.07, 6.45) is 1.54. The van der Waals surface area contributed by atoms with Crippen LogP contribution in [0.1, 0.15) is 5.56 Å². The van der Waals surface area contributed by atoms with Crippen molar-refractivity contribution >= 4 is 27.5 Å². The molecule has 1 aromatic rings. The molecule has 0 amide bonds. The Morgan fingerprint density at radius 2 is 2.42 bits per heavy atom. The lowest BCUT2D eigenvalue weighted by atomic mass is 10.3. The number of aromatic nitrogens is 1. The van der Waals surface area contributed by atoms with E-state index >= 15 is 0 Å². The van der Waals surface area contributed by atoms with Crippen LogP contribution in [0.25, 0.3) is 0 Å². The maximum absolute atomic E-state index is 8.92. The van der Waals surface area contributed by atoms with Gasteiger partial charge >= 0.3 is 0 Å². The van der Waals surface area contributed by atoms with Crippen molar-refractivity contribution in [3.8, 4) is 5.88 Å². The van der Waals surface area contributed by atoms with Crippen molar-refractivity contribution in [2.24, 2.45) is 0 Å². The van der Waals surface area contributed by atoms with Crippen LogP contribution in [0, 0.1) is 0 Å². The second kappa shape index (κ2) is 4.07. The number of pyridine rings is 1. The third-order valence-electron chi connectivity index (χ3n) is 1.39. The Balaban J connectivity index is 3.24. The summed E-state index contributed by atoms with van der Waals surface area (Å²) < 4.78 is 5.54. The zero-order chi connectivity index (χ0) is 9.14. The molecule has 3 nitrogen and oxygen atoms in total. The van der Waals surface area contributed by atoms with Gasteiger partial charge in [-0.2, -0.15) is 0 Å². The second-order valence-electron chi connectivity index (χ2n) is 2.07. The monoisotopic (exact) mass is 251 g/mol. The Labute approximate surface area is 83.5 Å². The number of hydrogen-bond acceptors (Lipinski definition) is 3. The van der Waals surface area contributed by atoms with Gasteiger partial charge in [-0.05, 0) is 15.9 Å². The first kappa shape index (κ1) is 9.77. The van der Waals surface area contributed by atoms with Crippen molar-refractivity contribution in [3.05, 3.63) is 21.3 Å². The van der Waals surface area contributed by atoms with Gasteiger partial charge in [-0.15, -0.1) is 0 Å². The Bertz CT molecular complexity index is 293. The van der Waals surface area contributed by atoms with Crippen LogP contribution < -0.4 is 4.74 Å². The molecule has 1 aromatic heterocycles. The number of hydrogen-bond donors (Lipinski definition) is 1. The summed E-state index contributed by atoms with van der Waals surface area (Å²) in [5, 5.41) is 9.26. The van der Waals surface area contributed by atoms with Crippen LogP contribution in [0.2, 0.25) is 5.02 Å². The summed E-state index contributed by atoms with van der Waals surface area (Å²) in [5.74, 6) is 0.323. The summed E-state index contributed by atoms with van der Waals surface area (Å²) in [7, 11) is 1.48. The van der Waals surface area contributed by atoms with Gasteiger partial charge in [-0.25, -0.2) is 4.98 Å². The zero-order valence-corrected chi connectivity index (χ0v) is 8.68. The highest BCUT2D eigenvalue weighted by Gasteiger charge is 2.10. The van der Waals surface area contributed by atoms with Crippen molar-refractivity contribution in [1.82, 2.24) is 4.98 Å². The van der Waals surface area contributed by atoms with E-state index in [2.05, 4.69) is 20.9 Å². The van der Waals surface area contributed by atoms with Gasteiger partial charge in [0.15, 0.2) is 0 Å². The van der Waals surface area contributed by atoms with E-state index in [1.807, 2.05) is 0 Å². The lowest BCUT2D eigenvalue weighted by Gasteiger charge is -2.06. The van der Waals surface area contributed by atoms with Crippen LogP contribution in [-0.4, -0.2) is 17.2 Å². The van der Waals surface area contributed by atoms with E-state index in [1.54, 1.807) is 0 Å². The number of nitrogens with zero attached hydrogens (tertiary/aromatic N) is 1. The molecule has 0 aliphatic heterocycles. The van der Waals surface area contributed by atoms with E-state index < -0.39 is 0 Å². The van der Waals surface area contributed by atoms with Gasteiger partial charge in [0.25, 0.3) is 0 Å². The van der Waals surface area contributed by atoms with Gasteiger partial charge in [-0.1, -0.05) is 11.6 Å². The minimum atomic E-state index is -0.141. The first-order chi connectivity index (χ1) is 5.70. The van der Waals surface area contributed by atoms with Crippen LogP contribution >= 0.6 is 27.5 Å². The molecule has 0 bridgehead atoms. The van der Waals surface area contributed by atoms with Gasteiger partial charge in [-0.3, -0.25) is 0 Å². The van der Waals surface area contributed by atoms with Crippen molar-refractivity contribution in [2.75, 3.05) is 7.11 Å². The highest BCUT2D eigenvalue weighted by atomic mass is 79.9. The van der Waals surface area contributed by atoms with E-state index in [-0.39, 0.29) is 6.61 Å². The molecule has 66 valence electrons. The van der Waals surface area contributed by atoms with E-state index in [4.69, 9.17) is 21.4 Å². The Hall–Kier alpha value is -0.320. The molecule has 0 aliphatic rings. The number of aliphatic hydroxyl groups excluding tert-OH is 1. The number of halogens is 2. The first-order valence-corrected chi connectivity index (χ1v) is 4.35. The molecule has 0 fully saturated rings. The number of aliphatic hydroxyl groups is 1. The molecule has 0 aromatic carbocycles. The summed E-state index contributed by atoms with van der Waals surface area (Å²) in [6.45, 7) is -0.141. The summed E-state index contributed by atoms with van der Waals surface area (Å²) >= 11 is 9.04. The summed E-state index contributed by atoms with van der Waals surface area (Å²) in [4.78, 5) is 3.89. The smallest absolute Gasteiger partial charge is 0.232 e. The molecule has 0 atom stereocenters. The van der Waals surface area contributed by atoms with Crippen LogP contribution in [0.4, 0.5) is 0 Å². The van der Waals surface area contributed by atoms with Crippen molar-refractivity contribution in [1.29, 1.82) is 0 Å². The maximum Gasteiger partial charge on any atom is 0.232 e. The molecule has 0 aliphatic carbocycles.